The largest absolute Gasteiger partial charge is 0.507 e. The maximum Gasteiger partial charge on any atom is 0.507 e. The number of rotatable bonds is 3. The van der Waals surface area contributed by atoms with Crippen molar-refractivity contribution < 1.29 is 19.4 Å². The maximum absolute atomic E-state index is 10.2. The zero-order valence-electron chi connectivity index (χ0n) is 6.11. The molecule has 1 saturated carbocycles. The van der Waals surface area contributed by atoms with Gasteiger partial charge >= 0.3 is 6.16 Å². The summed E-state index contributed by atoms with van der Waals surface area (Å²) in [5.41, 5.74) is -0.854. The molecule has 11 heavy (non-hydrogen) atoms. The van der Waals surface area contributed by atoms with Gasteiger partial charge in [-0.2, -0.15) is 0 Å². The molecular weight excluding hydrogens is 150 g/mol. The minimum Gasteiger partial charge on any atom is -0.450 e. The van der Waals surface area contributed by atoms with E-state index in [-0.39, 0.29) is 0 Å². The Morgan fingerprint density at radius 3 is 2.55 bits per heavy atom. The first kappa shape index (κ1) is 7.84. The Morgan fingerprint density at radius 1 is 1.73 bits per heavy atom. The molecule has 1 aliphatic carbocycles. The molecule has 5 heteroatoms. The van der Waals surface area contributed by atoms with Crippen LogP contribution in [-0.2, 0) is 9.53 Å². The van der Waals surface area contributed by atoms with E-state index in [4.69, 9.17) is 5.11 Å². The standard InChI is InChI=1S/C6H9NO4/c1-7(4-8)6(2-3-6)11-5(9)10/h4H,2-3H2,1H3,(H,9,10). The summed E-state index contributed by atoms with van der Waals surface area (Å²) in [5.74, 6) is 0. The number of amides is 1. The molecule has 0 heterocycles. The molecule has 5 nitrogen and oxygen atoms in total. The van der Waals surface area contributed by atoms with Crippen molar-refractivity contribution >= 4 is 12.6 Å². The molecule has 0 bridgehead atoms. The average molecular weight is 159 g/mol. The van der Waals surface area contributed by atoms with Gasteiger partial charge in [-0.15, -0.1) is 0 Å². The number of hydrogen-bond acceptors (Lipinski definition) is 3. The predicted octanol–water partition coefficient (Wildman–Crippen LogP) is 0.259. The quantitative estimate of drug-likeness (QED) is 0.364. The van der Waals surface area contributed by atoms with Crippen LogP contribution >= 0.6 is 0 Å². The summed E-state index contributed by atoms with van der Waals surface area (Å²) in [4.78, 5) is 21.6. The summed E-state index contributed by atoms with van der Waals surface area (Å²) in [7, 11) is 1.50. The fourth-order valence-electron chi connectivity index (χ4n) is 0.892. The van der Waals surface area contributed by atoms with Crippen LogP contribution < -0.4 is 0 Å². The molecule has 0 aliphatic heterocycles. The lowest BCUT2D eigenvalue weighted by molar-refractivity contribution is -0.129. The molecule has 1 rings (SSSR count). The minimum atomic E-state index is -1.34. The fourth-order valence-corrected chi connectivity index (χ4v) is 0.892. The second kappa shape index (κ2) is 2.41. The van der Waals surface area contributed by atoms with Gasteiger partial charge in [0.1, 0.15) is 0 Å². The van der Waals surface area contributed by atoms with Crippen molar-refractivity contribution in [3.8, 4) is 0 Å². The summed E-state index contributed by atoms with van der Waals surface area (Å²) in [6.07, 6.45) is 0.412. The highest BCUT2D eigenvalue weighted by Crippen LogP contribution is 2.41. The Bertz CT molecular complexity index is 187. The first-order valence-electron chi connectivity index (χ1n) is 3.21. The highest BCUT2D eigenvalue weighted by atomic mass is 16.7. The number of hydrogen-bond donors (Lipinski definition) is 1. The van der Waals surface area contributed by atoms with E-state index in [1.165, 1.54) is 11.9 Å². The molecule has 0 unspecified atom stereocenters. The summed E-state index contributed by atoms with van der Waals surface area (Å²) >= 11 is 0. The van der Waals surface area contributed by atoms with Crippen molar-refractivity contribution in [3.05, 3.63) is 0 Å². The van der Waals surface area contributed by atoms with Crippen LogP contribution in [0.25, 0.3) is 0 Å². The van der Waals surface area contributed by atoms with Gasteiger partial charge in [-0.1, -0.05) is 0 Å². The van der Waals surface area contributed by atoms with Crippen molar-refractivity contribution in [1.82, 2.24) is 4.90 Å². The van der Waals surface area contributed by atoms with E-state index in [2.05, 4.69) is 4.74 Å². The van der Waals surface area contributed by atoms with E-state index in [1.54, 1.807) is 0 Å². The number of carbonyl (C=O) groups is 2. The Balaban J connectivity index is 2.53. The average Bonchev–Trinajstić information content (AvgIpc) is 2.67. The fraction of sp³-hybridized carbons (Fsp3) is 0.667. The molecule has 0 saturated heterocycles. The number of carbonyl (C=O) groups excluding carboxylic acids is 1. The third-order valence-electron chi connectivity index (χ3n) is 1.76. The third-order valence-corrected chi connectivity index (χ3v) is 1.76. The Morgan fingerprint density at radius 2 is 2.27 bits per heavy atom. The summed E-state index contributed by atoms with van der Waals surface area (Å²) < 4.78 is 4.51. The first-order chi connectivity index (χ1) is 5.10. The van der Waals surface area contributed by atoms with E-state index in [0.29, 0.717) is 19.3 Å². The number of ether oxygens (including phenoxy) is 1. The highest BCUT2D eigenvalue weighted by Gasteiger charge is 2.50. The first-order valence-corrected chi connectivity index (χ1v) is 3.21. The molecule has 0 aromatic carbocycles. The Hall–Kier alpha value is -1.26. The van der Waals surface area contributed by atoms with Gasteiger partial charge in [-0.05, 0) is 0 Å². The van der Waals surface area contributed by atoms with Gasteiger partial charge in [0.25, 0.3) is 0 Å². The van der Waals surface area contributed by atoms with Crippen LogP contribution in [0.15, 0.2) is 0 Å². The lowest BCUT2D eigenvalue weighted by Gasteiger charge is -2.21. The summed E-state index contributed by atoms with van der Waals surface area (Å²) in [5, 5.41) is 8.27. The smallest absolute Gasteiger partial charge is 0.450 e. The second-order valence-corrected chi connectivity index (χ2v) is 2.53. The van der Waals surface area contributed by atoms with Crippen molar-refractivity contribution in [2.24, 2.45) is 0 Å². The SMILES string of the molecule is CN(C=O)C1(OC(=O)O)CC1. The molecule has 0 radical (unpaired) electrons. The molecule has 1 fully saturated rings. The maximum atomic E-state index is 10.2. The van der Waals surface area contributed by atoms with Gasteiger partial charge in [0.15, 0.2) is 5.72 Å². The minimum absolute atomic E-state index is 0.565. The van der Waals surface area contributed by atoms with Crippen molar-refractivity contribution in [2.45, 2.75) is 18.6 Å². The second-order valence-electron chi connectivity index (χ2n) is 2.53. The van der Waals surface area contributed by atoms with Gasteiger partial charge in [0.05, 0.1) is 0 Å². The van der Waals surface area contributed by atoms with Crippen LogP contribution in [0.1, 0.15) is 12.8 Å². The van der Waals surface area contributed by atoms with Gasteiger partial charge in [-0.25, -0.2) is 4.79 Å². The summed E-state index contributed by atoms with van der Waals surface area (Å²) in [6.45, 7) is 0. The highest BCUT2D eigenvalue weighted by molar-refractivity contribution is 5.59. The molecule has 1 aliphatic rings. The van der Waals surface area contributed by atoms with E-state index in [9.17, 15) is 9.59 Å². The van der Waals surface area contributed by atoms with Crippen molar-refractivity contribution in [2.75, 3.05) is 7.05 Å². The molecule has 0 spiro atoms. The van der Waals surface area contributed by atoms with Crippen LogP contribution in [0.2, 0.25) is 0 Å². The van der Waals surface area contributed by atoms with Crippen molar-refractivity contribution in [3.63, 3.8) is 0 Å². The molecule has 1 amide bonds. The number of nitrogens with zero attached hydrogens (tertiary/aromatic N) is 1. The monoisotopic (exact) mass is 159 g/mol. The number of carboxylic acid groups (broad SMARTS) is 1. The van der Waals surface area contributed by atoms with E-state index in [1.807, 2.05) is 0 Å². The molecule has 62 valence electrons. The zero-order valence-corrected chi connectivity index (χ0v) is 6.11. The van der Waals surface area contributed by atoms with Gasteiger partial charge in [0.2, 0.25) is 6.41 Å². The lowest BCUT2D eigenvalue weighted by Crippen LogP contribution is -2.36. The summed E-state index contributed by atoms with van der Waals surface area (Å²) in [6, 6.07) is 0. The molecule has 0 aromatic rings. The Labute approximate surface area is 63.5 Å². The van der Waals surface area contributed by atoms with E-state index in [0.717, 1.165) is 0 Å². The van der Waals surface area contributed by atoms with Gasteiger partial charge in [-0.3, -0.25) is 4.79 Å². The Kier molecular flexibility index (Phi) is 1.72. The van der Waals surface area contributed by atoms with Gasteiger partial charge < -0.3 is 14.7 Å². The molecule has 1 N–H and O–H groups in total. The normalized spacial score (nSPS) is 18.6. The molecular formula is C6H9NO4. The topological polar surface area (TPSA) is 66.8 Å². The van der Waals surface area contributed by atoms with E-state index >= 15 is 0 Å². The van der Waals surface area contributed by atoms with Crippen LogP contribution in [-0.4, -0.2) is 35.3 Å². The molecule has 0 atom stereocenters. The van der Waals surface area contributed by atoms with E-state index < -0.39 is 11.9 Å². The van der Waals surface area contributed by atoms with Crippen LogP contribution in [0.3, 0.4) is 0 Å². The van der Waals surface area contributed by atoms with Crippen molar-refractivity contribution in [1.29, 1.82) is 0 Å². The van der Waals surface area contributed by atoms with Crippen LogP contribution in [0.4, 0.5) is 4.79 Å². The van der Waals surface area contributed by atoms with Crippen LogP contribution in [0.5, 0.6) is 0 Å². The predicted molar refractivity (Wildman–Crippen MR) is 34.9 cm³/mol. The van der Waals surface area contributed by atoms with Gasteiger partial charge in [0, 0.05) is 19.9 Å². The van der Waals surface area contributed by atoms with Crippen LogP contribution in [0, 0.1) is 0 Å². The third kappa shape index (κ3) is 1.42. The lowest BCUT2D eigenvalue weighted by atomic mass is 10.5. The molecule has 0 aromatic heterocycles. The zero-order chi connectivity index (χ0) is 8.48.